The van der Waals surface area contributed by atoms with Gasteiger partial charge in [0.1, 0.15) is 12.4 Å². The van der Waals surface area contributed by atoms with E-state index in [9.17, 15) is 14.7 Å². The minimum Gasteiger partial charge on any atom is -0.444 e. The predicted molar refractivity (Wildman–Crippen MR) is 44.2 cm³/mol. The molecule has 1 saturated heterocycles. The van der Waals surface area contributed by atoms with Gasteiger partial charge in [0.05, 0.1) is 12.1 Å². The summed E-state index contributed by atoms with van der Waals surface area (Å²) in [7, 11) is 1.55. The highest BCUT2D eigenvalue weighted by molar-refractivity contribution is 5.70. The van der Waals surface area contributed by atoms with Crippen molar-refractivity contribution in [2.45, 2.75) is 31.6 Å². The molecule has 1 amide bonds. The van der Waals surface area contributed by atoms with Crippen molar-refractivity contribution < 1.29 is 19.4 Å². The molecule has 0 radical (unpaired) electrons. The standard InChI is InChI=1S/C8H13NO4/c1-5-7(6(11)3-4-10)9(2)8(12)13-5/h4-7,11H,3H2,1-2H3. The Hall–Kier alpha value is -1.10. The van der Waals surface area contributed by atoms with Gasteiger partial charge in [-0.1, -0.05) is 0 Å². The molecule has 1 heterocycles. The van der Waals surface area contributed by atoms with Gasteiger partial charge in [-0.25, -0.2) is 4.79 Å². The van der Waals surface area contributed by atoms with E-state index in [1.54, 1.807) is 14.0 Å². The lowest BCUT2D eigenvalue weighted by Crippen LogP contribution is -2.42. The molecule has 0 aliphatic carbocycles. The first-order chi connectivity index (χ1) is 6.07. The van der Waals surface area contributed by atoms with E-state index in [1.807, 2.05) is 0 Å². The number of ether oxygens (including phenoxy) is 1. The number of likely N-dealkylation sites (N-methyl/N-ethyl adjacent to an activating group) is 1. The number of aliphatic hydroxyl groups excluding tert-OH is 1. The van der Waals surface area contributed by atoms with Gasteiger partial charge in [-0.05, 0) is 6.92 Å². The van der Waals surface area contributed by atoms with Gasteiger partial charge < -0.3 is 19.5 Å². The molecule has 1 fully saturated rings. The van der Waals surface area contributed by atoms with Gasteiger partial charge in [0.25, 0.3) is 0 Å². The second-order valence-corrected chi connectivity index (χ2v) is 3.16. The highest BCUT2D eigenvalue weighted by Gasteiger charge is 2.40. The molecular formula is C8H13NO4. The van der Waals surface area contributed by atoms with Crippen molar-refractivity contribution in [1.29, 1.82) is 0 Å². The van der Waals surface area contributed by atoms with Crippen LogP contribution in [0.4, 0.5) is 4.79 Å². The Bertz CT molecular complexity index is 218. The number of carbonyl (C=O) groups excluding carboxylic acids is 2. The van der Waals surface area contributed by atoms with Gasteiger partial charge >= 0.3 is 6.09 Å². The van der Waals surface area contributed by atoms with E-state index >= 15 is 0 Å². The summed E-state index contributed by atoms with van der Waals surface area (Å²) < 4.78 is 4.86. The summed E-state index contributed by atoms with van der Waals surface area (Å²) in [4.78, 5) is 22.5. The topological polar surface area (TPSA) is 66.8 Å². The predicted octanol–water partition coefficient (Wildman–Crippen LogP) is -0.225. The monoisotopic (exact) mass is 187 g/mol. The number of amides is 1. The van der Waals surface area contributed by atoms with Crippen LogP contribution in [0, 0.1) is 0 Å². The summed E-state index contributed by atoms with van der Waals surface area (Å²) in [5.74, 6) is 0. The van der Waals surface area contributed by atoms with Crippen LogP contribution in [0.1, 0.15) is 13.3 Å². The molecule has 0 spiro atoms. The van der Waals surface area contributed by atoms with Crippen LogP contribution >= 0.6 is 0 Å². The molecule has 0 aromatic heterocycles. The summed E-state index contributed by atoms with van der Waals surface area (Å²) in [6, 6.07) is -0.419. The van der Waals surface area contributed by atoms with Crippen molar-refractivity contribution >= 4 is 12.4 Å². The first-order valence-corrected chi connectivity index (χ1v) is 4.13. The minimum atomic E-state index is -0.844. The van der Waals surface area contributed by atoms with Gasteiger partial charge in [0.15, 0.2) is 0 Å². The zero-order valence-electron chi connectivity index (χ0n) is 7.64. The van der Waals surface area contributed by atoms with Gasteiger partial charge in [-0.2, -0.15) is 0 Å². The molecular weight excluding hydrogens is 174 g/mol. The maximum atomic E-state index is 11.0. The van der Waals surface area contributed by atoms with Crippen LogP contribution in [0.25, 0.3) is 0 Å². The van der Waals surface area contributed by atoms with Crippen LogP contribution < -0.4 is 0 Å². The van der Waals surface area contributed by atoms with Crippen LogP contribution in [0.3, 0.4) is 0 Å². The van der Waals surface area contributed by atoms with Crippen molar-refractivity contribution in [3.05, 3.63) is 0 Å². The van der Waals surface area contributed by atoms with E-state index in [1.165, 1.54) is 4.90 Å². The highest BCUT2D eigenvalue weighted by atomic mass is 16.6. The zero-order valence-corrected chi connectivity index (χ0v) is 7.64. The summed E-state index contributed by atoms with van der Waals surface area (Å²) in [6.07, 6.45) is -1.01. The van der Waals surface area contributed by atoms with E-state index in [2.05, 4.69) is 0 Å². The molecule has 0 aromatic rings. The Morgan fingerprint density at radius 1 is 1.77 bits per heavy atom. The highest BCUT2D eigenvalue weighted by Crippen LogP contribution is 2.21. The fraction of sp³-hybridized carbons (Fsp3) is 0.750. The molecule has 0 bridgehead atoms. The average molecular weight is 187 g/mol. The fourth-order valence-electron chi connectivity index (χ4n) is 1.56. The largest absolute Gasteiger partial charge is 0.444 e. The molecule has 5 nitrogen and oxygen atoms in total. The smallest absolute Gasteiger partial charge is 0.410 e. The third-order valence-electron chi connectivity index (χ3n) is 2.23. The van der Waals surface area contributed by atoms with Crippen LogP contribution in [0.15, 0.2) is 0 Å². The Balaban J connectivity index is 2.67. The van der Waals surface area contributed by atoms with E-state index in [0.717, 1.165) is 0 Å². The molecule has 5 heteroatoms. The maximum Gasteiger partial charge on any atom is 0.410 e. The third-order valence-corrected chi connectivity index (χ3v) is 2.23. The Morgan fingerprint density at radius 2 is 2.38 bits per heavy atom. The van der Waals surface area contributed by atoms with Crippen LogP contribution in [0.5, 0.6) is 0 Å². The normalized spacial score (nSPS) is 30.1. The summed E-state index contributed by atoms with van der Waals surface area (Å²) in [6.45, 7) is 1.69. The van der Waals surface area contributed by atoms with E-state index in [0.29, 0.717) is 6.29 Å². The third kappa shape index (κ3) is 1.80. The molecule has 74 valence electrons. The van der Waals surface area contributed by atoms with E-state index < -0.39 is 18.2 Å². The van der Waals surface area contributed by atoms with E-state index in [4.69, 9.17) is 4.74 Å². The number of aliphatic hydroxyl groups is 1. The number of carbonyl (C=O) groups is 2. The van der Waals surface area contributed by atoms with Gasteiger partial charge in [-0.15, -0.1) is 0 Å². The summed E-state index contributed by atoms with van der Waals surface area (Å²) in [5.41, 5.74) is 0. The lowest BCUT2D eigenvalue weighted by Gasteiger charge is -2.23. The molecule has 1 aliphatic heterocycles. The van der Waals surface area contributed by atoms with Gasteiger partial charge in [0, 0.05) is 13.5 Å². The van der Waals surface area contributed by atoms with Crippen LogP contribution in [-0.4, -0.2) is 47.7 Å². The van der Waals surface area contributed by atoms with Crippen LogP contribution in [0.2, 0.25) is 0 Å². The number of nitrogens with zero attached hydrogens (tertiary/aromatic N) is 1. The summed E-state index contributed by atoms with van der Waals surface area (Å²) >= 11 is 0. The van der Waals surface area contributed by atoms with Crippen molar-refractivity contribution in [2.75, 3.05) is 7.05 Å². The van der Waals surface area contributed by atoms with Crippen LogP contribution in [-0.2, 0) is 9.53 Å². The summed E-state index contributed by atoms with van der Waals surface area (Å²) in [5, 5.41) is 9.50. The van der Waals surface area contributed by atoms with Gasteiger partial charge in [0.2, 0.25) is 0 Å². The Labute approximate surface area is 76.3 Å². The lowest BCUT2D eigenvalue weighted by molar-refractivity contribution is -0.110. The Kier molecular flexibility index (Phi) is 2.87. The minimum absolute atomic E-state index is 0.0238. The van der Waals surface area contributed by atoms with Gasteiger partial charge in [-0.3, -0.25) is 0 Å². The quantitative estimate of drug-likeness (QED) is 0.620. The zero-order chi connectivity index (χ0) is 10.0. The SMILES string of the molecule is CC1OC(=O)N(C)C1C(O)CC=O. The number of aldehydes is 1. The van der Waals surface area contributed by atoms with Crippen molar-refractivity contribution in [3.63, 3.8) is 0 Å². The number of hydrogen-bond acceptors (Lipinski definition) is 4. The lowest BCUT2D eigenvalue weighted by atomic mass is 10.0. The molecule has 13 heavy (non-hydrogen) atoms. The van der Waals surface area contributed by atoms with Crippen molar-refractivity contribution in [3.8, 4) is 0 Å². The molecule has 1 rings (SSSR count). The average Bonchev–Trinajstić information content (AvgIpc) is 2.27. The maximum absolute atomic E-state index is 11.0. The molecule has 0 aromatic carbocycles. The second kappa shape index (κ2) is 3.74. The van der Waals surface area contributed by atoms with E-state index in [-0.39, 0.29) is 12.5 Å². The first kappa shape index (κ1) is 9.98. The molecule has 1 aliphatic rings. The van der Waals surface area contributed by atoms with Crippen molar-refractivity contribution in [1.82, 2.24) is 4.90 Å². The number of rotatable bonds is 3. The molecule has 0 saturated carbocycles. The number of cyclic esters (lactones) is 1. The van der Waals surface area contributed by atoms with Crippen molar-refractivity contribution in [2.24, 2.45) is 0 Å². The number of hydrogen-bond donors (Lipinski definition) is 1. The fourth-order valence-corrected chi connectivity index (χ4v) is 1.56. The molecule has 1 N–H and O–H groups in total. The Morgan fingerprint density at radius 3 is 2.77 bits per heavy atom. The molecule has 3 atom stereocenters. The first-order valence-electron chi connectivity index (χ1n) is 4.13. The molecule has 3 unspecified atom stereocenters. The second-order valence-electron chi connectivity index (χ2n) is 3.16.